The number of thiazole rings is 1. The van der Waals surface area contributed by atoms with Crippen LogP contribution in [0.4, 0.5) is 5.13 Å². The van der Waals surface area contributed by atoms with Gasteiger partial charge in [0.25, 0.3) is 0 Å². The largest absolute Gasteiger partial charge is 0.385 e. The molecule has 2 amide bonds. The minimum absolute atomic E-state index is 0.0346. The van der Waals surface area contributed by atoms with E-state index in [9.17, 15) is 9.59 Å². The number of benzene rings is 1. The monoisotopic (exact) mass is 373 g/mol. The van der Waals surface area contributed by atoms with E-state index >= 15 is 0 Å². The van der Waals surface area contributed by atoms with E-state index in [1.165, 1.54) is 16.9 Å². The first-order valence-electron chi connectivity index (χ1n) is 8.71. The molecule has 0 saturated heterocycles. The first kappa shape index (κ1) is 18.5. The van der Waals surface area contributed by atoms with Crippen molar-refractivity contribution in [2.45, 2.75) is 18.8 Å². The summed E-state index contributed by atoms with van der Waals surface area (Å²) < 4.78 is 5.08. The molecule has 0 spiro atoms. The minimum Gasteiger partial charge on any atom is -0.385 e. The van der Waals surface area contributed by atoms with E-state index in [0.29, 0.717) is 24.7 Å². The fourth-order valence-corrected chi connectivity index (χ4v) is 3.60. The Kier molecular flexibility index (Phi) is 6.35. The Hall–Kier alpha value is -2.25. The molecule has 0 bridgehead atoms. The highest BCUT2D eigenvalue weighted by atomic mass is 32.1. The van der Waals surface area contributed by atoms with Gasteiger partial charge >= 0.3 is 0 Å². The summed E-state index contributed by atoms with van der Waals surface area (Å²) in [7, 11) is 1.63. The number of ether oxygens (including phenoxy) is 1. The van der Waals surface area contributed by atoms with Gasteiger partial charge in [-0.3, -0.25) is 9.59 Å². The maximum Gasteiger partial charge on any atom is 0.245 e. The van der Waals surface area contributed by atoms with Crippen LogP contribution >= 0.6 is 11.3 Å². The van der Waals surface area contributed by atoms with Gasteiger partial charge in [0.1, 0.15) is 0 Å². The lowest BCUT2D eigenvalue weighted by Crippen LogP contribution is -2.40. The molecular formula is C19H23N3O3S. The third-order valence-electron chi connectivity index (χ3n) is 4.44. The summed E-state index contributed by atoms with van der Waals surface area (Å²) in [5.74, 6) is 0.0510. The lowest BCUT2D eigenvalue weighted by molar-refractivity contribution is -0.136. The number of carbonyl (C=O) groups is 2. The Morgan fingerprint density at radius 3 is 2.85 bits per heavy atom. The van der Waals surface area contributed by atoms with Crippen molar-refractivity contribution < 1.29 is 14.3 Å². The van der Waals surface area contributed by atoms with Crippen LogP contribution in [-0.2, 0) is 14.3 Å². The molecule has 26 heavy (non-hydrogen) atoms. The third-order valence-corrected chi connectivity index (χ3v) is 5.13. The highest BCUT2D eigenvalue weighted by Crippen LogP contribution is 2.48. The molecule has 2 atom stereocenters. The molecule has 0 radical (unpaired) electrons. The maximum absolute atomic E-state index is 12.9. The van der Waals surface area contributed by atoms with Crippen LogP contribution in [0, 0.1) is 5.92 Å². The molecule has 1 N–H and O–H groups in total. The highest BCUT2D eigenvalue weighted by Gasteiger charge is 2.45. The molecule has 2 unspecified atom stereocenters. The topological polar surface area (TPSA) is 71.5 Å². The zero-order chi connectivity index (χ0) is 18.4. The summed E-state index contributed by atoms with van der Waals surface area (Å²) in [6, 6.07) is 10.1. The van der Waals surface area contributed by atoms with Gasteiger partial charge in [-0.05, 0) is 24.3 Å². The number of amides is 2. The van der Waals surface area contributed by atoms with Crippen molar-refractivity contribution in [2.75, 3.05) is 32.1 Å². The molecular weight excluding hydrogens is 350 g/mol. The van der Waals surface area contributed by atoms with E-state index in [1.807, 2.05) is 18.2 Å². The average molecular weight is 373 g/mol. The molecule has 2 aromatic rings. The van der Waals surface area contributed by atoms with Gasteiger partial charge in [-0.15, -0.1) is 11.3 Å². The Bertz CT molecular complexity index is 721. The van der Waals surface area contributed by atoms with E-state index in [-0.39, 0.29) is 30.2 Å². The van der Waals surface area contributed by atoms with Crippen LogP contribution < -0.4 is 5.32 Å². The smallest absolute Gasteiger partial charge is 0.245 e. The van der Waals surface area contributed by atoms with Gasteiger partial charge < -0.3 is 15.0 Å². The van der Waals surface area contributed by atoms with Gasteiger partial charge in [0.2, 0.25) is 11.8 Å². The summed E-state index contributed by atoms with van der Waals surface area (Å²) in [5.41, 5.74) is 1.19. The number of aromatic nitrogens is 1. The second kappa shape index (κ2) is 8.91. The molecule has 0 aliphatic heterocycles. The number of methoxy groups -OCH3 is 1. The molecule has 138 valence electrons. The third kappa shape index (κ3) is 4.89. The fraction of sp³-hybridized carbons (Fsp3) is 0.421. The number of nitrogens with zero attached hydrogens (tertiary/aromatic N) is 2. The lowest BCUT2D eigenvalue weighted by atomic mass is 10.1. The fourth-order valence-electron chi connectivity index (χ4n) is 3.06. The number of rotatable bonds is 9. The van der Waals surface area contributed by atoms with Crippen molar-refractivity contribution in [1.29, 1.82) is 0 Å². The van der Waals surface area contributed by atoms with Crippen molar-refractivity contribution in [2.24, 2.45) is 5.92 Å². The second-order valence-electron chi connectivity index (χ2n) is 6.35. The number of hydrogen-bond donors (Lipinski definition) is 1. The van der Waals surface area contributed by atoms with Crippen molar-refractivity contribution in [3.8, 4) is 0 Å². The van der Waals surface area contributed by atoms with E-state index in [1.54, 1.807) is 23.6 Å². The van der Waals surface area contributed by atoms with Gasteiger partial charge in [-0.1, -0.05) is 30.3 Å². The van der Waals surface area contributed by atoms with E-state index < -0.39 is 0 Å². The molecule has 1 aliphatic carbocycles. The summed E-state index contributed by atoms with van der Waals surface area (Å²) >= 11 is 1.36. The second-order valence-corrected chi connectivity index (χ2v) is 7.25. The quantitative estimate of drug-likeness (QED) is 0.686. The molecule has 1 fully saturated rings. The highest BCUT2D eigenvalue weighted by molar-refractivity contribution is 7.13. The Morgan fingerprint density at radius 1 is 1.35 bits per heavy atom. The first-order valence-corrected chi connectivity index (χ1v) is 9.59. The summed E-state index contributed by atoms with van der Waals surface area (Å²) in [6.07, 6.45) is 3.18. The number of nitrogens with one attached hydrogen (secondary N) is 1. The molecule has 7 heteroatoms. The van der Waals surface area contributed by atoms with Gasteiger partial charge in [0.15, 0.2) is 5.13 Å². The Balaban J connectivity index is 1.60. The summed E-state index contributed by atoms with van der Waals surface area (Å²) in [6.45, 7) is 1.11. The molecule has 3 rings (SSSR count). The number of carbonyl (C=O) groups excluding carboxylic acids is 2. The number of anilines is 1. The van der Waals surface area contributed by atoms with E-state index in [4.69, 9.17) is 4.74 Å². The van der Waals surface area contributed by atoms with Crippen LogP contribution in [0.1, 0.15) is 24.3 Å². The van der Waals surface area contributed by atoms with Crippen molar-refractivity contribution in [3.05, 3.63) is 47.5 Å². The van der Waals surface area contributed by atoms with Crippen LogP contribution in [0.5, 0.6) is 0 Å². The zero-order valence-electron chi connectivity index (χ0n) is 14.8. The lowest BCUT2D eigenvalue weighted by Gasteiger charge is -2.22. The van der Waals surface area contributed by atoms with Gasteiger partial charge in [-0.25, -0.2) is 4.98 Å². The summed E-state index contributed by atoms with van der Waals surface area (Å²) in [4.78, 5) is 30.9. The van der Waals surface area contributed by atoms with Crippen molar-refractivity contribution in [1.82, 2.24) is 9.88 Å². The standard InChI is InChI=1S/C19H23N3O3S/c1-25-10-5-9-22(13-17(23)21-19-20-8-11-26-19)18(24)16-12-15(16)14-6-3-2-4-7-14/h2-4,6-8,11,15-16H,5,9-10,12-13H2,1H3,(H,20,21,23). The van der Waals surface area contributed by atoms with Crippen LogP contribution in [0.15, 0.2) is 41.9 Å². The Labute approximate surface area is 157 Å². The molecule has 1 aromatic heterocycles. The molecule has 1 heterocycles. The molecule has 6 nitrogen and oxygen atoms in total. The normalized spacial score (nSPS) is 18.3. The predicted molar refractivity (Wildman–Crippen MR) is 101 cm³/mol. The maximum atomic E-state index is 12.9. The van der Waals surface area contributed by atoms with Gasteiger partial charge in [0.05, 0.1) is 6.54 Å². The van der Waals surface area contributed by atoms with Crippen LogP contribution in [0.2, 0.25) is 0 Å². The van der Waals surface area contributed by atoms with Crippen molar-refractivity contribution >= 4 is 28.3 Å². The van der Waals surface area contributed by atoms with E-state index in [2.05, 4.69) is 22.4 Å². The molecule has 1 aromatic carbocycles. The van der Waals surface area contributed by atoms with Crippen LogP contribution in [0.25, 0.3) is 0 Å². The molecule has 1 saturated carbocycles. The number of hydrogen-bond acceptors (Lipinski definition) is 5. The van der Waals surface area contributed by atoms with Gasteiger partial charge in [0, 0.05) is 37.8 Å². The first-order chi connectivity index (χ1) is 12.7. The van der Waals surface area contributed by atoms with Crippen LogP contribution in [0.3, 0.4) is 0 Å². The summed E-state index contributed by atoms with van der Waals surface area (Å²) in [5, 5.41) is 5.09. The van der Waals surface area contributed by atoms with E-state index in [0.717, 1.165) is 6.42 Å². The molecule has 1 aliphatic rings. The Morgan fingerprint density at radius 2 is 2.15 bits per heavy atom. The SMILES string of the molecule is COCCCN(CC(=O)Nc1nccs1)C(=O)C1CC1c1ccccc1. The van der Waals surface area contributed by atoms with Crippen molar-refractivity contribution in [3.63, 3.8) is 0 Å². The predicted octanol–water partition coefficient (Wildman–Crippen LogP) is 2.75. The van der Waals surface area contributed by atoms with Gasteiger partial charge in [-0.2, -0.15) is 0 Å². The average Bonchev–Trinajstić information content (AvgIpc) is 3.30. The minimum atomic E-state index is -0.220. The zero-order valence-corrected chi connectivity index (χ0v) is 15.6. The van der Waals surface area contributed by atoms with Crippen LogP contribution in [-0.4, -0.2) is 48.5 Å².